The molecule has 0 aliphatic heterocycles. The van der Waals surface area contributed by atoms with Crippen molar-refractivity contribution >= 4 is 29.3 Å². The summed E-state index contributed by atoms with van der Waals surface area (Å²) in [6.45, 7) is 10.0. The number of carbonyl (C=O) groups is 2. The highest BCUT2D eigenvalue weighted by molar-refractivity contribution is 8.01. The van der Waals surface area contributed by atoms with E-state index in [1.54, 1.807) is 21.0 Å². The number of carboxylic acids is 1. The second kappa shape index (κ2) is 10.4. The predicted octanol–water partition coefficient (Wildman–Crippen LogP) is 5.33. The zero-order valence-corrected chi connectivity index (χ0v) is 21.2. The summed E-state index contributed by atoms with van der Waals surface area (Å²) in [7, 11) is 1.62. The second-order valence-electron chi connectivity index (χ2n) is 8.73. The molecule has 1 aromatic heterocycles. The second-order valence-corrected chi connectivity index (χ2v) is 10.4. The summed E-state index contributed by atoms with van der Waals surface area (Å²) in [4.78, 5) is 30.3. The Morgan fingerprint density at radius 2 is 1.79 bits per heavy atom. The third-order valence-electron chi connectivity index (χ3n) is 5.52. The van der Waals surface area contributed by atoms with Crippen molar-refractivity contribution in [3.05, 3.63) is 65.0 Å². The maximum absolute atomic E-state index is 13.3. The van der Waals surface area contributed by atoms with Crippen LogP contribution < -0.4 is 5.32 Å². The number of imidazole rings is 1. The van der Waals surface area contributed by atoms with Gasteiger partial charge in [0.15, 0.2) is 0 Å². The van der Waals surface area contributed by atoms with E-state index < -0.39 is 10.7 Å². The molecule has 0 aliphatic rings. The summed E-state index contributed by atoms with van der Waals surface area (Å²) in [5.41, 5.74) is 4.76. The molecule has 0 spiro atoms. The monoisotopic (exact) mass is 481 g/mol. The smallest absolute Gasteiger partial charge is 0.319 e. The van der Waals surface area contributed by atoms with E-state index in [1.807, 2.05) is 67.8 Å². The van der Waals surface area contributed by atoms with Crippen molar-refractivity contribution in [3.63, 3.8) is 0 Å². The molecular formula is C26H31N3O4S. The SMILES string of the molecule is COCCn1c(-c2ccc(SC(C)(C)C(=O)O)cc2)nc(C)c1C(=O)Nc1cc(C)ccc1C. The van der Waals surface area contributed by atoms with Gasteiger partial charge in [-0.25, -0.2) is 4.98 Å². The lowest BCUT2D eigenvalue weighted by Crippen LogP contribution is -2.26. The minimum Gasteiger partial charge on any atom is -0.480 e. The number of thioether (sulfide) groups is 1. The zero-order chi connectivity index (χ0) is 25.0. The Morgan fingerprint density at radius 3 is 2.41 bits per heavy atom. The van der Waals surface area contributed by atoms with Gasteiger partial charge in [0.2, 0.25) is 0 Å². The quantitative estimate of drug-likeness (QED) is 0.401. The van der Waals surface area contributed by atoms with Gasteiger partial charge in [-0.3, -0.25) is 9.59 Å². The van der Waals surface area contributed by atoms with Crippen molar-refractivity contribution in [1.29, 1.82) is 0 Å². The lowest BCUT2D eigenvalue weighted by molar-refractivity contribution is -0.138. The van der Waals surface area contributed by atoms with Gasteiger partial charge in [-0.15, -0.1) is 11.8 Å². The van der Waals surface area contributed by atoms with Crippen LogP contribution in [0.2, 0.25) is 0 Å². The number of rotatable bonds is 9. The molecule has 0 saturated heterocycles. The number of benzene rings is 2. The summed E-state index contributed by atoms with van der Waals surface area (Å²) < 4.78 is 6.23. The number of aliphatic carboxylic acids is 1. The fraction of sp³-hybridized carbons (Fsp3) is 0.346. The molecule has 0 radical (unpaired) electrons. The van der Waals surface area contributed by atoms with Crippen LogP contribution in [0, 0.1) is 20.8 Å². The van der Waals surface area contributed by atoms with Crippen molar-refractivity contribution in [2.45, 2.75) is 50.8 Å². The van der Waals surface area contributed by atoms with Gasteiger partial charge in [-0.05, 0) is 63.9 Å². The largest absolute Gasteiger partial charge is 0.480 e. The molecule has 8 heteroatoms. The molecule has 0 bridgehead atoms. The summed E-state index contributed by atoms with van der Waals surface area (Å²) in [5, 5.41) is 12.4. The Balaban J connectivity index is 1.96. The first-order chi connectivity index (χ1) is 16.0. The van der Waals surface area contributed by atoms with E-state index in [2.05, 4.69) is 5.32 Å². The first-order valence-corrected chi connectivity index (χ1v) is 11.8. The molecule has 1 amide bonds. The van der Waals surface area contributed by atoms with Crippen LogP contribution in [0.1, 0.15) is 41.2 Å². The Kier molecular flexibility index (Phi) is 7.84. The molecule has 0 aliphatic carbocycles. The molecule has 7 nitrogen and oxygen atoms in total. The normalized spacial score (nSPS) is 11.5. The zero-order valence-electron chi connectivity index (χ0n) is 20.4. The predicted molar refractivity (Wildman–Crippen MR) is 136 cm³/mol. The number of aromatic nitrogens is 2. The fourth-order valence-electron chi connectivity index (χ4n) is 3.54. The number of ether oxygens (including phenoxy) is 1. The number of aryl methyl sites for hydroxylation is 3. The van der Waals surface area contributed by atoms with Gasteiger partial charge >= 0.3 is 5.97 Å². The van der Waals surface area contributed by atoms with E-state index in [0.717, 1.165) is 27.3 Å². The van der Waals surface area contributed by atoms with Gasteiger partial charge in [-0.2, -0.15) is 0 Å². The number of hydrogen-bond donors (Lipinski definition) is 2. The van der Waals surface area contributed by atoms with Gasteiger partial charge in [0, 0.05) is 29.8 Å². The van der Waals surface area contributed by atoms with Crippen molar-refractivity contribution in [2.75, 3.05) is 19.0 Å². The van der Waals surface area contributed by atoms with Crippen LogP contribution in [0.5, 0.6) is 0 Å². The summed E-state index contributed by atoms with van der Waals surface area (Å²) in [6.07, 6.45) is 0. The molecule has 0 unspecified atom stereocenters. The first-order valence-electron chi connectivity index (χ1n) is 11.0. The van der Waals surface area contributed by atoms with Gasteiger partial charge in [-0.1, -0.05) is 24.3 Å². The maximum atomic E-state index is 13.3. The number of carbonyl (C=O) groups excluding carboxylic acids is 1. The number of anilines is 1. The summed E-state index contributed by atoms with van der Waals surface area (Å²) in [6, 6.07) is 13.5. The van der Waals surface area contributed by atoms with Crippen molar-refractivity contribution in [1.82, 2.24) is 9.55 Å². The number of nitrogens with zero attached hydrogens (tertiary/aromatic N) is 2. The van der Waals surface area contributed by atoms with Crippen LogP contribution in [-0.4, -0.2) is 45.0 Å². The molecule has 0 saturated carbocycles. The topological polar surface area (TPSA) is 93.4 Å². The average Bonchev–Trinajstić information content (AvgIpc) is 3.11. The third-order valence-corrected chi connectivity index (χ3v) is 6.71. The molecule has 2 N–H and O–H groups in total. The number of hydrogen-bond acceptors (Lipinski definition) is 5. The molecule has 3 rings (SSSR count). The van der Waals surface area contributed by atoms with E-state index in [0.29, 0.717) is 30.4 Å². The standard InChI is InChI=1S/C26H31N3O4S/c1-16-7-8-17(2)21(15-16)28-24(30)22-18(3)27-23(29(22)13-14-33-6)19-9-11-20(12-10-19)34-26(4,5)25(31)32/h7-12,15H,13-14H2,1-6H3,(H,28,30)(H,31,32). The van der Waals surface area contributed by atoms with Gasteiger partial charge in [0.1, 0.15) is 16.3 Å². The highest BCUT2D eigenvalue weighted by Gasteiger charge is 2.28. The van der Waals surface area contributed by atoms with Crippen LogP contribution in [-0.2, 0) is 16.1 Å². The van der Waals surface area contributed by atoms with Gasteiger partial charge in [0.05, 0.1) is 12.3 Å². The fourth-order valence-corrected chi connectivity index (χ4v) is 4.49. The molecule has 180 valence electrons. The first kappa shape index (κ1) is 25.5. The van der Waals surface area contributed by atoms with Gasteiger partial charge < -0.3 is 19.7 Å². The average molecular weight is 482 g/mol. The molecule has 0 fully saturated rings. The minimum atomic E-state index is -0.936. The van der Waals surface area contributed by atoms with Crippen LogP contribution >= 0.6 is 11.8 Å². The van der Waals surface area contributed by atoms with E-state index in [-0.39, 0.29) is 5.91 Å². The lowest BCUT2D eigenvalue weighted by Gasteiger charge is -2.18. The summed E-state index contributed by atoms with van der Waals surface area (Å²) in [5.74, 6) is -0.432. The number of amides is 1. The Morgan fingerprint density at radius 1 is 1.12 bits per heavy atom. The van der Waals surface area contributed by atoms with Crippen LogP contribution in [0.3, 0.4) is 0 Å². The molecular weight excluding hydrogens is 450 g/mol. The molecule has 3 aromatic rings. The van der Waals surface area contributed by atoms with E-state index in [4.69, 9.17) is 9.72 Å². The van der Waals surface area contributed by atoms with Crippen molar-refractivity contribution in [3.8, 4) is 11.4 Å². The minimum absolute atomic E-state index is 0.226. The van der Waals surface area contributed by atoms with Crippen molar-refractivity contribution in [2.24, 2.45) is 0 Å². The number of carboxylic acid groups (broad SMARTS) is 1. The Labute approximate surface area is 204 Å². The molecule has 1 heterocycles. The highest BCUT2D eigenvalue weighted by atomic mass is 32.2. The van der Waals surface area contributed by atoms with Crippen LogP contribution in [0.4, 0.5) is 5.69 Å². The maximum Gasteiger partial charge on any atom is 0.319 e. The van der Waals surface area contributed by atoms with Crippen LogP contribution in [0.15, 0.2) is 47.4 Å². The highest BCUT2D eigenvalue weighted by Crippen LogP contribution is 2.34. The molecule has 2 aromatic carbocycles. The third kappa shape index (κ3) is 5.69. The molecule has 0 atom stereocenters. The van der Waals surface area contributed by atoms with Crippen LogP contribution in [0.25, 0.3) is 11.4 Å². The van der Waals surface area contributed by atoms with E-state index in [9.17, 15) is 14.7 Å². The van der Waals surface area contributed by atoms with E-state index in [1.165, 1.54) is 11.8 Å². The number of methoxy groups -OCH3 is 1. The Hall–Kier alpha value is -3.10. The molecule has 34 heavy (non-hydrogen) atoms. The number of nitrogens with one attached hydrogen (secondary N) is 1. The lowest BCUT2D eigenvalue weighted by atomic mass is 10.1. The summed E-state index contributed by atoms with van der Waals surface area (Å²) >= 11 is 1.28. The van der Waals surface area contributed by atoms with Gasteiger partial charge in [0.25, 0.3) is 5.91 Å². The van der Waals surface area contributed by atoms with Crippen molar-refractivity contribution < 1.29 is 19.4 Å². The van der Waals surface area contributed by atoms with E-state index >= 15 is 0 Å². The Bertz CT molecular complexity index is 1200.